The molecule has 0 heterocycles. The second-order valence-corrected chi connectivity index (χ2v) is 4.31. The molecular formula is C12H17BrSZn. The molecule has 0 aliphatic carbocycles. The van der Waals surface area contributed by atoms with E-state index in [2.05, 4.69) is 38.7 Å². The van der Waals surface area contributed by atoms with Crippen molar-refractivity contribution in [1.82, 2.24) is 0 Å². The third-order valence-corrected chi connectivity index (χ3v) is 3.05. The van der Waals surface area contributed by atoms with E-state index in [1.165, 1.54) is 52.7 Å². The van der Waals surface area contributed by atoms with Gasteiger partial charge in [0.05, 0.1) is 0 Å². The number of hydrogen-bond donors (Lipinski definition) is 0. The quantitative estimate of drug-likeness (QED) is 0.304. The SMILES string of the molecule is CCCCCCSc1cc[c-]cc1.[Zn+][Br]. The van der Waals surface area contributed by atoms with Gasteiger partial charge in [-0.2, -0.15) is 42.1 Å². The zero-order valence-corrected chi connectivity index (χ0v) is 14.7. The monoisotopic (exact) mass is 336 g/mol. The Labute approximate surface area is 115 Å². The molecule has 0 nitrogen and oxygen atoms in total. The van der Waals surface area contributed by atoms with E-state index >= 15 is 0 Å². The van der Waals surface area contributed by atoms with Gasteiger partial charge in [-0.05, 0) is 12.2 Å². The maximum absolute atomic E-state index is 3.06. The van der Waals surface area contributed by atoms with Gasteiger partial charge >= 0.3 is 30.0 Å². The van der Waals surface area contributed by atoms with Crippen molar-refractivity contribution in [1.29, 1.82) is 0 Å². The molecule has 1 aromatic rings. The normalized spacial score (nSPS) is 9.33. The Hall–Kier alpha value is 0.673. The Morgan fingerprint density at radius 2 is 1.87 bits per heavy atom. The van der Waals surface area contributed by atoms with Crippen LogP contribution in [0.4, 0.5) is 0 Å². The van der Waals surface area contributed by atoms with Gasteiger partial charge in [0.15, 0.2) is 0 Å². The standard InChI is InChI=1S/C12H17S.BrH.Zn/c1-2-3-4-8-11-13-12-9-6-5-7-10-12;;/h6-7,9-10H,2-4,8,11H2,1H3;1H;/q-1;;+2/p-1. The Bertz CT molecular complexity index is 216. The van der Waals surface area contributed by atoms with Crippen molar-refractivity contribution in [2.24, 2.45) is 0 Å². The summed E-state index contributed by atoms with van der Waals surface area (Å²) in [5.74, 6) is 1.25. The van der Waals surface area contributed by atoms with E-state index in [4.69, 9.17) is 0 Å². The van der Waals surface area contributed by atoms with Gasteiger partial charge in [-0.15, -0.1) is 4.90 Å². The molecule has 1 rings (SSSR count). The molecule has 0 aromatic heterocycles. The van der Waals surface area contributed by atoms with Gasteiger partial charge < -0.3 is 0 Å². The summed E-state index contributed by atoms with van der Waals surface area (Å²) in [5.41, 5.74) is 0. The van der Waals surface area contributed by atoms with Crippen LogP contribution in [0.25, 0.3) is 0 Å². The van der Waals surface area contributed by atoms with Crippen molar-refractivity contribution in [2.45, 2.75) is 37.5 Å². The molecule has 80 valence electrons. The zero-order chi connectivity index (χ0) is 11.4. The van der Waals surface area contributed by atoms with E-state index in [1.54, 1.807) is 0 Å². The van der Waals surface area contributed by atoms with Crippen LogP contribution < -0.4 is 0 Å². The van der Waals surface area contributed by atoms with Gasteiger partial charge in [0, 0.05) is 0 Å². The molecule has 3 heteroatoms. The van der Waals surface area contributed by atoms with Crippen LogP contribution in [0, 0.1) is 6.07 Å². The Balaban J connectivity index is 0.000000921. The van der Waals surface area contributed by atoms with Crippen LogP contribution in [-0.2, 0) is 16.3 Å². The van der Waals surface area contributed by atoms with Crippen molar-refractivity contribution in [3.63, 3.8) is 0 Å². The number of rotatable bonds is 6. The van der Waals surface area contributed by atoms with E-state index in [0.29, 0.717) is 0 Å². The summed E-state index contributed by atoms with van der Waals surface area (Å²) in [6.07, 6.45) is 5.42. The minimum atomic E-state index is 1.19. The first-order chi connectivity index (χ1) is 7.43. The second-order valence-electron chi connectivity index (χ2n) is 3.14. The van der Waals surface area contributed by atoms with Crippen LogP contribution in [0.2, 0.25) is 0 Å². The fourth-order valence-electron chi connectivity index (χ4n) is 1.19. The fourth-order valence-corrected chi connectivity index (χ4v) is 2.10. The van der Waals surface area contributed by atoms with E-state index in [-0.39, 0.29) is 0 Å². The van der Waals surface area contributed by atoms with Crippen molar-refractivity contribution in [3.8, 4) is 0 Å². The van der Waals surface area contributed by atoms with E-state index in [1.807, 2.05) is 23.9 Å². The molecule has 0 fully saturated rings. The summed E-state index contributed by atoms with van der Waals surface area (Å²) in [6, 6.07) is 11.3. The predicted octanol–water partition coefficient (Wildman–Crippen LogP) is 5.00. The van der Waals surface area contributed by atoms with Crippen molar-refractivity contribution in [3.05, 3.63) is 30.3 Å². The Morgan fingerprint density at radius 3 is 2.47 bits per heavy atom. The average molecular weight is 339 g/mol. The number of halogens is 1. The molecule has 1 aromatic carbocycles. The van der Waals surface area contributed by atoms with Gasteiger partial charge in [0.2, 0.25) is 0 Å². The Morgan fingerprint density at radius 1 is 1.20 bits per heavy atom. The summed E-state index contributed by atoms with van der Waals surface area (Å²) >= 11 is 6.20. The first-order valence-electron chi connectivity index (χ1n) is 5.29. The topological polar surface area (TPSA) is 0 Å². The van der Waals surface area contributed by atoms with Crippen LogP contribution in [0.5, 0.6) is 0 Å². The van der Waals surface area contributed by atoms with Crippen LogP contribution in [0.3, 0.4) is 0 Å². The van der Waals surface area contributed by atoms with Gasteiger partial charge in [-0.3, -0.25) is 0 Å². The van der Waals surface area contributed by atoms with E-state index < -0.39 is 0 Å². The molecule has 0 bridgehead atoms. The number of unbranched alkanes of at least 4 members (excludes halogenated alkanes) is 3. The first-order valence-corrected chi connectivity index (χ1v) is 13.2. The molecule has 0 atom stereocenters. The molecule has 0 saturated carbocycles. The molecule has 0 amide bonds. The van der Waals surface area contributed by atoms with Gasteiger partial charge in [-0.25, -0.2) is 0 Å². The maximum atomic E-state index is 3.06. The average Bonchev–Trinajstić information content (AvgIpc) is 2.33. The summed E-state index contributed by atoms with van der Waals surface area (Å²) in [6.45, 7) is 2.25. The molecule has 15 heavy (non-hydrogen) atoms. The third kappa shape index (κ3) is 9.59. The van der Waals surface area contributed by atoms with Crippen molar-refractivity contribution in [2.75, 3.05) is 5.75 Å². The molecule has 0 aliphatic rings. The van der Waals surface area contributed by atoms with E-state index in [9.17, 15) is 0 Å². The number of benzene rings is 1. The first kappa shape index (κ1) is 15.7. The molecule has 0 aliphatic heterocycles. The van der Waals surface area contributed by atoms with Crippen LogP contribution >= 0.6 is 25.4 Å². The third-order valence-electron chi connectivity index (χ3n) is 1.95. The van der Waals surface area contributed by atoms with Crippen molar-refractivity contribution < 1.29 is 16.3 Å². The second kappa shape index (κ2) is 12.7. The Kier molecular flexibility index (Phi) is 13.3. The molecule has 0 N–H and O–H groups in total. The van der Waals surface area contributed by atoms with Crippen LogP contribution in [-0.4, -0.2) is 5.75 Å². The molecule has 0 unspecified atom stereocenters. The molecular weight excluding hydrogens is 321 g/mol. The summed E-state index contributed by atoms with van der Waals surface area (Å²) in [5, 5.41) is 0. The molecule has 0 radical (unpaired) electrons. The van der Waals surface area contributed by atoms with E-state index in [0.717, 1.165) is 0 Å². The number of thioether (sulfide) groups is 1. The molecule has 0 spiro atoms. The van der Waals surface area contributed by atoms with Crippen LogP contribution in [0.1, 0.15) is 32.6 Å². The van der Waals surface area contributed by atoms with Gasteiger partial charge in [0.1, 0.15) is 0 Å². The predicted molar refractivity (Wildman–Crippen MR) is 69.1 cm³/mol. The van der Waals surface area contributed by atoms with Gasteiger partial charge in [0.25, 0.3) is 0 Å². The molecule has 0 saturated heterocycles. The minimum absolute atomic E-state index is 1.19. The summed E-state index contributed by atoms with van der Waals surface area (Å²) in [4.78, 5) is 1.37. The summed E-state index contributed by atoms with van der Waals surface area (Å²) in [7, 11) is 0. The van der Waals surface area contributed by atoms with Crippen molar-refractivity contribution >= 4 is 25.4 Å². The number of hydrogen-bond acceptors (Lipinski definition) is 1. The van der Waals surface area contributed by atoms with Gasteiger partial charge in [-0.1, -0.05) is 26.2 Å². The zero-order valence-electron chi connectivity index (χ0n) is 9.34. The fraction of sp³-hybridized carbons (Fsp3) is 0.500. The van der Waals surface area contributed by atoms with Crippen LogP contribution in [0.15, 0.2) is 29.2 Å². The summed E-state index contributed by atoms with van der Waals surface area (Å²) < 4.78 is 0.